The third kappa shape index (κ3) is 5.03. The van der Waals surface area contributed by atoms with Gasteiger partial charge in [0.2, 0.25) is 0 Å². The van der Waals surface area contributed by atoms with E-state index in [0.717, 1.165) is 34.9 Å². The van der Waals surface area contributed by atoms with E-state index >= 15 is 9.59 Å². The van der Waals surface area contributed by atoms with Crippen molar-refractivity contribution in [3.05, 3.63) is 107 Å². The molecule has 2 N–H and O–H groups in total. The molecule has 61 heavy (non-hydrogen) atoms. The smallest absolute Gasteiger partial charge is 0.416 e. The number of ketones is 1. The predicted octanol–water partition coefficient (Wildman–Crippen LogP) is 9.78. The summed E-state index contributed by atoms with van der Waals surface area (Å²) in [4.78, 5) is 45.8. The number of ether oxygens (including phenoxy) is 1. The summed E-state index contributed by atoms with van der Waals surface area (Å²) in [5, 5.41) is 26.6. The molecular weight excluding hydrogens is 780 g/mol. The van der Waals surface area contributed by atoms with Gasteiger partial charge in [-0.2, -0.15) is 13.2 Å². The molecule has 322 valence electrons. The Kier molecular flexibility index (Phi) is 8.47. The molecule has 4 saturated carbocycles. The van der Waals surface area contributed by atoms with Crippen LogP contribution in [0, 0.1) is 44.3 Å². The van der Waals surface area contributed by atoms with Crippen molar-refractivity contribution in [1.29, 1.82) is 0 Å². The van der Waals surface area contributed by atoms with Crippen molar-refractivity contribution in [1.82, 2.24) is 4.90 Å². The van der Waals surface area contributed by atoms with E-state index in [4.69, 9.17) is 4.74 Å². The molecule has 1 amide bonds. The predicted molar refractivity (Wildman–Crippen MR) is 224 cm³/mol. The Morgan fingerprint density at radius 2 is 1.52 bits per heavy atom. The van der Waals surface area contributed by atoms with Crippen molar-refractivity contribution in [2.45, 2.75) is 122 Å². The third-order valence-corrected chi connectivity index (χ3v) is 18.8. The number of aliphatic hydroxyl groups is 2. The van der Waals surface area contributed by atoms with Gasteiger partial charge in [-0.1, -0.05) is 101 Å². The maximum atomic E-state index is 15.5. The second kappa shape index (κ2) is 12.7. The number of benzene rings is 3. The lowest BCUT2D eigenvalue weighted by Gasteiger charge is -2.71. The van der Waals surface area contributed by atoms with Crippen LogP contribution in [0.2, 0.25) is 0 Å². The van der Waals surface area contributed by atoms with Gasteiger partial charge in [-0.05, 0) is 110 Å². The molecule has 3 aromatic rings. The first-order chi connectivity index (χ1) is 28.6. The van der Waals surface area contributed by atoms with Crippen LogP contribution in [-0.2, 0) is 27.0 Å². The molecule has 0 aromatic heterocycles. The van der Waals surface area contributed by atoms with E-state index in [1.807, 2.05) is 69.3 Å². The van der Waals surface area contributed by atoms with E-state index in [0.29, 0.717) is 56.9 Å². The normalized spacial score (nSPS) is 40.3. The first-order valence-corrected chi connectivity index (χ1v) is 22.2. The second-order valence-corrected chi connectivity index (χ2v) is 21.2. The van der Waals surface area contributed by atoms with Crippen LogP contribution >= 0.6 is 0 Å². The summed E-state index contributed by atoms with van der Waals surface area (Å²) in [5.41, 5.74) is -6.84. The van der Waals surface area contributed by atoms with Gasteiger partial charge in [0.25, 0.3) is 5.91 Å². The quantitative estimate of drug-likeness (QED) is 0.140. The lowest BCUT2D eigenvalue weighted by Crippen LogP contribution is -2.67. The average Bonchev–Trinajstić information content (AvgIpc) is 3.67. The van der Waals surface area contributed by atoms with E-state index in [1.54, 1.807) is 4.90 Å². The summed E-state index contributed by atoms with van der Waals surface area (Å²) in [7, 11) is 0. The largest absolute Gasteiger partial charge is 0.448 e. The number of carbonyl (C=O) groups is 3. The second-order valence-electron chi connectivity index (χ2n) is 21.2. The van der Waals surface area contributed by atoms with Crippen LogP contribution in [0.1, 0.15) is 114 Å². The minimum Gasteiger partial charge on any atom is -0.448 e. The Hall–Kier alpha value is -4.28. The number of aliphatic hydroxyl groups excluding tert-OH is 1. The zero-order valence-corrected chi connectivity index (χ0v) is 35.7. The average molecular weight is 836 g/mol. The third-order valence-electron chi connectivity index (χ3n) is 18.8. The highest BCUT2D eigenvalue weighted by Gasteiger charge is 2.78. The van der Waals surface area contributed by atoms with E-state index in [9.17, 15) is 28.2 Å². The van der Waals surface area contributed by atoms with Gasteiger partial charge >= 0.3 is 12.1 Å². The lowest BCUT2D eigenvalue weighted by molar-refractivity contribution is -0.187. The minimum absolute atomic E-state index is 0.0337. The number of alkyl halides is 3. The van der Waals surface area contributed by atoms with Gasteiger partial charge in [-0.15, -0.1) is 0 Å². The number of fused-ring (bicyclic) bond motifs is 4. The molecule has 2 spiro atoms. The molecule has 7 aliphatic carbocycles. The van der Waals surface area contributed by atoms with Crippen molar-refractivity contribution < 1.29 is 42.5 Å². The maximum absolute atomic E-state index is 15.5. The number of rotatable bonds is 7. The maximum Gasteiger partial charge on any atom is 0.416 e. The van der Waals surface area contributed by atoms with Gasteiger partial charge in [-0.25, -0.2) is 0 Å². The number of Topliss-reactive ketones (excluding diaryl/α,β-unsaturated/α-hetero) is 1. The highest BCUT2D eigenvalue weighted by molar-refractivity contribution is 6.10. The molecule has 4 bridgehead atoms. The van der Waals surface area contributed by atoms with Crippen molar-refractivity contribution in [3.63, 3.8) is 0 Å². The standard InChI is InChI=1S/C51H56F3NO6/c1-43(2)46(5)22-25-50(43,61-42(46)59)41(58)55(29-33-13-8-11-31-10-6-7-15-36(31)33)30-48(60)21-18-39-45(48,4)20-17-38-44(3)19-16-35(56)27-47(44)23-24-49(38,39)37(28-47)40(57)32-12-9-14-34(26-32)51(52,53)54/h6-15,23-24,26,28,35,38-39,56,60H,16-22,25,27,29-30H2,1-5H3. The lowest BCUT2D eigenvalue weighted by atomic mass is 9.32. The summed E-state index contributed by atoms with van der Waals surface area (Å²) >= 11 is 0. The van der Waals surface area contributed by atoms with E-state index in [2.05, 4.69) is 26.0 Å². The van der Waals surface area contributed by atoms with Crippen LogP contribution in [0.25, 0.3) is 10.8 Å². The highest BCUT2D eigenvalue weighted by atomic mass is 19.4. The molecular formula is C51H56F3NO6. The molecule has 10 unspecified atom stereocenters. The molecule has 8 aliphatic rings. The topological polar surface area (TPSA) is 104 Å². The molecule has 5 fully saturated rings. The molecule has 3 aromatic carbocycles. The zero-order chi connectivity index (χ0) is 43.4. The summed E-state index contributed by atoms with van der Waals surface area (Å²) in [5.74, 6) is -1.53. The fraction of sp³-hybridized carbons (Fsp3) is 0.549. The molecule has 10 heteroatoms. The van der Waals surface area contributed by atoms with Crippen molar-refractivity contribution >= 4 is 28.4 Å². The number of allylic oxidation sites excluding steroid dienone is 4. The highest BCUT2D eigenvalue weighted by Crippen LogP contribution is 2.78. The summed E-state index contributed by atoms with van der Waals surface area (Å²) < 4.78 is 48.4. The number of nitrogens with zero attached hydrogens (tertiary/aromatic N) is 1. The number of carbonyl (C=O) groups excluding carboxylic acids is 3. The number of esters is 1. The van der Waals surface area contributed by atoms with Crippen LogP contribution in [0.4, 0.5) is 13.2 Å². The van der Waals surface area contributed by atoms with Gasteiger partial charge in [0, 0.05) is 39.3 Å². The number of amides is 1. The van der Waals surface area contributed by atoms with E-state index in [-0.39, 0.29) is 47.8 Å². The number of halogens is 3. The monoisotopic (exact) mass is 835 g/mol. The first-order valence-electron chi connectivity index (χ1n) is 22.2. The minimum atomic E-state index is -4.63. The van der Waals surface area contributed by atoms with Crippen LogP contribution in [0.15, 0.2) is 90.5 Å². The zero-order valence-electron chi connectivity index (χ0n) is 35.7. The van der Waals surface area contributed by atoms with Crippen LogP contribution < -0.4 is 0 Å². The van der Waals surface area contributed by atoms with Crippen LogP contribution in [0.3, 0.4) is 0 Å². The van der Waals surface area contributed by atoms with E-state index in [1.165, 1.54) is 12.1 Å². The fourth-order valence-electron chi connectivity index (χ4n) is 14.7. The Morgan fingerprint density at radius 1 is 0.836 bits per heavy atom. The van der Waals surface area contributed by atoms with Crippen LogP contribution in [0.5, 0.6) is 0 Å². The fourth-order valence-corrected chi connectivity index (χ4v) is 14.7. The van der Waals surface area contributed by atoms with Crippen molar-refractivity contribution in [3.8, 4) is 0 Å². The van der Waals surface area contributed by atoms with Gasteiger partial charge in [-0.3, -0.25) is 14.4 Å². The Balaban J connectivity index is 1.08. The summed E-state index contributed by atoms with van der Waals surface area (Å²) in [6, 6.07) is 18.6. The molecule has 10 atom stereocenters. The Bertz CT molecular complexity index is 2470. The van der Waals surface area contributed by atoms with Crippen LogP contribution in [-0.4, -0.2) is 56.6 Å². The SMILES string of the molecule is CC12CCC(C(=O)N(Cc3cccc4ccccc34)CC3(O)CCC4C56C=CC7(C=C5C(=O)c5cccc(C(F)(F)F)c5)CC(O)CCC7(C)C6CCC43C)(OC1=O)C2(C)C. The molecule has 1 aliphatic heterocycles. The molecule has 7 nitrogen and oxygen atoms in total. The Morgan fingerprint density at radius 3 is 2.25 bits per heavy atom. The van der Waals surface area contributed by atoms with Crippen molar-refractivity contribution in [2.75, 3.05) is 6.54 Å². The van der Waals surface area contributed by atoms with Crippen molar-refractivity contribution in [2.24, 2.45) is 44.3 Å². The molecule has 0 radical (unpaired) electrons. The van der Waals surface area contributed by atoms with Gasteiger partial charge < -0.3 is 19.8 Å². The number of hydrogen-bond acceptors (Lipinski definition) is 6. The molecule has 11 rings (SSSR count). The Labute approximate surface area is 355 Å². The summed E-state index contributed by atoms with van der Waals surface area (Å²) in [6.07, 6.45) is 5.84. The molecule has 1 heterocycles. The van der Waals surface area contributed by atoms with E-state index < -0.39 is 61.9 Å². The number of hydrogen-bond donors (Lipinski definition) is 2. The first kappa shape index (κ1) is 40.8. The van der Waals surface area contributed by atoms with Gasteiger partial charge in [0.1, 0.15) is 0 Å². The molecule has 1 saturated heterocycles. The van der Waals surface area contributed by atoms with Gasteiger partial charge in [0.15, 0.2) is 11.4 Å². The summed E-state index contributed by atoms with van der Waals surface area (Å²) in [6.45, 7) is 10.3. The van der Waals surface area contributed by atoms with Gasteiger partial charge in [0.05, 0.1) is 29.2 Å².